The average molecular weight is 490 g/mol. The van der Waals surface area contributed by atoms with E-state index >= 15 is 0 Å². The topological polar surface area (TPSA) is 91.6 Å². The molecule has 1 amide bonds. The Morgan fingerprint density at radius 3 is 2.69 bits per heavy atom. The molecule has 1 aliphatic heterocycles. The fraction of sp³-hybridized carbons (Fsp3) is 0.308. The third kappa shape index (κ3) is 5.11. The van der Waals surface area contributed by atoms with Gasteiger partial charge in [0, 0.05) is 68.6 Å². The predicted molar refractivity (Wildman–Crippen MR) is 140 cm³/mol. The molecule has 8 nitrogen and oxygen atoms in total. The van der Waals surface area contributed by atoms with Crippen molar-refractivity contribution in [2.75, 3.05) is 44.2 Å². The molecule has 9 heteroatoms. The second-order valence-corrected chi connectivity index (χ2v) is 9.78. The first-order valence-electron chi connectivity index (χ1n) is 11.7. The molecule has 1 saturated carbocycles. The molecule has 0 spiro atoms. The minimum Gasteiger partial charge on any atom is -0.353 e. The SMILES string of the molecule is C=C1[C@H](CNC(=O)/C=C/c2ccccc2[N+](=O)[O-])[C@H]1CN1CCN(c2nsc3ccccc23)CC1. The number of anilines is 1. The van der Waals surface area contributed by atoms with Gasteiger partial charge in [-0.25, -0.2) is 0 Å². The van der Waals surface area contributed by atoms with Gasteiger partial charge in [0.15, 0.2) is 0 Å². The van der Waals surface area contributed by atoms with Crippen LogP contribution in [0.3, 0.4) is 0 Å². The lowest BCUT2D eigenvalue weighted by atomic mass is 10.1. The minimum absolute atomic E-state index is 0.0183. The summed E-state index contributed by atoms with van der Waals surface area (Å²) in [5, 5.41) is 15.3. The monoisotopic (exact) mass is 489 g/mol. The van der Waals surface area contributed by atoms with E-state index in [0.29, 0.717) is 18.0 Å². The van der Waals surface area contributed by atoms with Crippen LogP contribution in [0, 0.1) is 22.0 Å². The number of nitro benzene ring substituents is 1. The molecule has 3 aromatic rings. The van der Waals surface area contributed by atoms with Gasteiger partial charge in [0.2, 0.25) is 5.91 Å². The van der Waals surface area contributed by atoms with Gasteiger partial charge in [-0.2, -0.15) is 4.37 Å². The first kappa shape index (κ1) is 23.2. The van der Waals surface area contributed by atoms with Crippen LogP contribution >= 0.6 is 11.5 Å². The number of nitro groups is 1. The number of rotatable bonds is 8. The summed E-state index contributed by atoms with van der Waals surface area (Å²) in [7, 11) is 0. The molecule has 35 heavy (non-hydrogen) atoms. The molecule has 2 fully saturated rings. The van der Waals surface area contributed by atoms with Crippen LogP contribution < -0.4 is 10.2 Å². The van der Waals surface area contributed by atoms with Crippen molar-refractivity contribution in [2.45, 2.75) is 0 Å². The van der Waals surface area contributed by atoms with Gasteiger partial charge in [-0.15, -0.1) is 0 Å². The Kier molecular flexibility index (Phi) is 6.61. The van der Waals surface area contributed by atoms with Gasteiger partial charge in [-0.1, -0.05) is 36.4 Å². The van der Waals surface area contributed by atoms with Crippen LogP contribution in [0.4, 0.5) is 11.5 Å². The number of piperazine rings is 1. The van der Waals surface area contributed by atoms with E-state index in [0.717, 1.165) is 38.5 Å². The number of fused-ring (bicyclic) bond motifs is 1. The number of benzene rings is 2. The standard InChI is InChI=1S/C26H27N5O3S/c1-18-21(16-27-25(32)11-10-19-6-2-4-8-23(19)31(33)34)22(18)17-29-12-14-30(15-13-29)26-20-7-3-5-9-24(20)35-28-26/h2-11,21-22H,1,12-17H2,(H,27,32)/b11-10+/t21-,22-/m0/s1. The number of aromatic nitrogens is 1. The molecular weight excluding hydrogens is 462 g/mol. The van der Waals surface area contributed by atoms with Crippen LogP contribution in [0.5, 0.6) is 0 Å². The molecule has 1 aliphatic carbocycles. The molecule has 2 aliphatic rings. The van der Waals surface area contributed by atoms with Crippen molar-refractivity contribution in [1.29, 1.82) is 0 Å². The summed E-state index contributed by atoms with van der Waals surface area (Å²) in [6.07, 6.45) is 2.83. The van der Waals surface area contributed by atoms with Crippen LogP contribution in [0.2, 0.25) is 0 Å². The highest BCUT2D eigenvalue weighted by atomic mass is 32.1. The number of carbonyl (C=O) groups excluding carboxylic acids is 1. The van der Waals surface area contributed by atoms with E-state index in [9.17, 15) is 14.9 Å². The van der Waals surface area contributed by atoms with Crippen molar-refractivity contribution < 1.29 is 9.72 Å². The van der Waals surface area contributed by atoms with E-state index in [-0.39, 0.29) is 17.5 Å². The Morgan fingerprint density at radius 2 is 1.89 bits per heavy atom. The van der Waals surface area contributed by atoms with Crippen molar-refractivity contribution in [3.63, 3.8) is 0 Å². The van der Waals surface area contributed by atoms with Crippen LogP contribution in [0.15, 0.2) is 66.8 Å². The van der Waals surface area contributed by atoms with Crippen LogP contribution in [0.1, 0.15) is 5.56 Å². The third-order valence-corrected chi connectivity index (χ3v) is 7.68. The number of carbonyl (C=O) groups is 1. The van der Waals surface area contributed by atoms with Crippen LogP contribution in [-0.2, 0) is 4.79 Å². The second-order valence-electron chi connectivity index (χ2n) is 8.97. The zero-order valence-electron chi connectivity index (χ0n) is 19.3. The third-order valence-electron chi connectivity index (χ3n) is 6.86. The maximum Gasteiger partial charge on any atom is 0.276 e. The highest BCUT2D eigenvalue weighted by molar-refractivity contribution is 7.13. The Labute approximate surface area is 207 Å². The zero-order valence-corrected chi connectivity index (χ0v) is 20.1. The van der Waals surface area contributed by atoms with Crippen LogP contribution in [0.25, 0.3) is 16.2 Å². The molecule has 0 bridgehead atoms. The number of amides is 1. The van der Waals surface area contributed by atoms with E-state index in [1.54, 1.807) is 29.7 Å². The van der Waals surface area contributed by atoms with E-state index in [4.69, 9.17) is 0 Å². The number of para-hydroxylation sites is 1. The van der Waals surface area contributed by atoms with E-state index in [2.05, 4.69) is 50.3 Å². The fourth-order valence-electron chi connectivity index (χ4n) is 4.71. The molecule has 1 aromatic heterocycles. The quantitative estimate of drug-likeness (QED) is 0.223. The smallest absolute Gasteiger partial charge is 0.276 e. The highest BCUT2D eigenvalue weighted by Crippen LogP contribution is 2.44. The van der Waals surface area contributed by atoms with Gasteiger partial charge in [-0.3, -0.25) is 19.8 Å². The van der Waals surface area contributed by atoms with Crippen molar-refractivity contribution >= 4 is 45.1 Å². The van der Waals surface area contributed by atoms with Gasteiger partial charge in [0.1, 0.15) is 5.82 Å². The largest absolute Gasteiger partial charge is 0.353 e. The van der Waals surface area contributed by atoms with Crippen molar-refractivity contribution in [3.05, 3.63) is 82.4 Å². The Bertz CT molecular complexity index is 1290. The van der Waals surface area contributed by atoms with Crippen molar-refractivity contribution in [3.8, 4) is 0 Å². The normalized spacial score (nSPS) is 20.5. The van der Waals surface area contributed by atoms with E-state index < -0.39 is 4.92 Å². The molecule has 2 heterocycles. The Hall–Kier alpha value is -3.56. The molecule has 5 rings (SSSR count). The van der Waals surface area contributed by atoms with Gasteiger partial charge in [0.25, 0.3) is 5.69 Å². The van der Waals surface area contributed by atoms with E-state index in [1.165, 1.54) is 33.9 Å². The van der Waals surface area contributed by atoms with Crippen LogP contribution in [-0.4, -0.2) is 59.4 Å². The maximum atomic E-state index is 12.3. The van der Waals surface area contributed by atoms with E-state index in [1.807, 2.05) is 0 Å². The summed E-state index contributed by atoms with van der Waals surface area (Å²) in [6.45, 7) is 9.55. The average Bonchev–Trinajstić information content (AvgIpc) is 3.27. The summed E-state index contributed by atoms with van der Waals surface area (Å²) in [5.41, 5.74) is 1.57. The first-order chi connectivity index (χ1) is 17.0. The molecule has 2 aromatic carbocycles. The molecule has 180 valence electrons. The predicted octanol–water partition coefficient (Wildman–Crippen LogP) is 3.96. The lowest BCUT2D eigenvalue weighted by Gasteiger charge is -2.35. The van der Waals surface area contributed by atoms with Crippen molar-refractivity contribution in [2.24, 2.45) is 11.8 Å². The molecule has 0 radical (unpaired) electrons. The zero-order chi connectivity index (χ0) is 24.4. The van der Waals surface area contributed by atoms with Gasteiger partial charge in [0.05, 0.1) is 15.2 Å². The fourth-order valence-corrected chi connectivity index (χ4v) is 5.51. The summed E-state index contributed by atoms with van der Waals surface area (Å²) < 4.78 is 5.91. The maximum absolute atomic E-state index is 12.3. The summed E-state index contributed by atoms with van der Waals surface area (Å²) in [5.74, 6) is 1.50. The van der Waals surface area contributed by atoms with Gasteiger partial charge >= 0.3 is 0 Å². The molecule has 2 atom stereocenters. The summed E-state index contributed by atoms with van der Waals surface area (Å²) >= 11 is 1.56. The highest BCUT2D eigenvalue weighted by Gasteiger charge is 2.43. The second kappa shape index (κ2) is 9.97. The lowest BCUT2D eigenvalue weighted by molar-refractivity contribution is -0.385. The number of hydrogen-bond donors (Lipinski definition) is 1. The van der Waals surface area contributed by atoms with Gasteiger partial charge in [-0.05, 0) is 35.8 Å². The summed E-state index contributed by atoms with van der Waals surface area (Å²) in [6, 6.07) is 14.7. The minimum atomic E-state index is -0.449. The first-order valence-corrected chi connectivity index (χ1v) is 12.5. The Morgan fingerprint density at radius 1 is 1.14 bits per heavy atom. The van der Waals surface area contributed by atoms with Crippen molar-refractivity contribution in [1.82, 2.24) is 14.6 Å². The number of nitrogens with zero attached hydrogens (tertiary/aromatic N) is 4. The lowest BCUT2D eigenvalue weighted by Crippen LogP contribution is -2.47. The number of hydrogen-bond acceptors (Lipinski definition) is 7. The molecule has 0 unspecified atom stereocenters. The number of nitrogens with one attached hydrogen (secondary N) is 1. The molecule has 1 saturated heterocycles. The molecule has 1 N–H and O–H groups in total. The molecular formula is C26H27N5O3S. The van der Waals surface area contributed by atoms with Gasteiger partial charge < -0.3 is 10.2 Å². The summed E-state index contributed by atoms with van der Waals surface area (Å²) in [4.78, 5) is 27.8. The Balaban J connectivity index is 1.07.